The molecule has 17 heavy (non-hydrogen) atoms. The van der Waals surface area contributed by atoms with Gasteiger partial charge in [0.15, 0.2) is 0 Å². The number of nitrogens with zero attached hydrogens (tertiary/aromatic N) is 1. The molecule has 0 aromatic rings. The molecule has 0 bridgehead atoms. The molecule has 1 amide bonds. The first-order valence-electron chi connectivity index (χ1n) is 6.69. The molecule has 2 aliphatic rings. The minimum atomic E-state index is -0.396. The predicted octanol–water partition coefficient (Wildman–Crippen LogP) is 2.14. The fraction of sp³-hybridized carbons (Fsp3) is 0.923. The van der Waals surface area contributed by atoms with E-state index >= 15 is 0 Å². The molecule has 0 spiro atoms. The molecule has 1 heterocycles. The van der Waals surface area contributed by atoms with E-state index in [9.17, 15) is 4.79 Å². The van der Waals surface area contributed by atoms with Gasteiger partial charge in [0.05, 0.1) is 0 Å². The van der Waals surface area contributed by atoms with Crippen molar-refractivity contribution >= 4 is 6.09 Å². The highest BCUT2D eigenvalue weighted by molar-refractivity contribution is 5.69. The smallest absolute Gasteiger partial charge is 0.410 e. The van der Waals surface area contributed by atoms with E-state index in [0.29, 0.717) is 12.1 Å². The van der Waals surface area contributed by atoms with E-state index in [0.717, 1.165) is 25.9 Å². The SMILES string of the molecule is CC(C)(C)OC(=O)N(CC1CCCN1)C1CC1. The normalized spacial score (nSPS) is 24.8. The molecule has 0 radical (unpaired) electrons. The van der Waals surface area contributed by atoms with Crippen molar-refractivity contribution in [2.45, 2.75) is 64.1 Å². The van der Waals surface area contributed by atoms with Gasteiger partial charge < -0.3 is 15.0 Å². The summed E-state index contributed by atoms with van der Waals surface area (Å²) in [4.78, 5) is 14.0. The molecule has 0 aromatic carbocycles. The number of hydrogen-bond acceptors (Lipinski definition) is 3. The number of ether oxygens (including phenoxy) is 1. The van der Waals surface area contributed by atoms with E-state index in [2.05, 4.69) is 5.32 Å². The van der Waals surface area contributed by atoms with Crippen LogP contribution in [0.2, 0.25) is 0 Å². The average Bonchev–Trinajstić information content (AvgIpc) is 2.89. The van der Waals surface area contributed by atoms with Crippen LogP contribution in [0, 0.1) is 0 Å². The Morgan fingerprint density at radius 3 is 2.53 bits per heavy atom. The Bertz CT molecular complexity index is 276. The third-order valence-corrected chi connectivity index (χ3v) is 3.20. The highest BCUT2D eigenvalue weighted by Crippen LogP contribution is 2.29. The zero-order chi connectivity index (χ0) is 12.5. The zero-order valence-corrected chi connectivity index (χ0v) is 11.2. The van der Waals surface area contributed by atoms with Gasteiger partial charge in [0, 0.05) is 18.6 Å². The third-order valence-electron chi connectivity index (χ3n) is 3.20. The van der Waals surface area contributed by atoms with E-state index in [4.69, 9.17) is 4.74 Å². The van der Waals surface area contributed by atoms with Crippen molar-refractivity contribution in [2.24, 2.45) is 0 Å². The van der Waals surface area contributed by atoms with Crippen molar-refractivity contribution in [3.05, 3.63) is 0 Å². The minimum Gasteiger partial charge on any atom is -0.444 e. The number of nitrogens with one attached hydrogen (secondary N) is 1. The van der Waals surface area contributed by atoms with Crippen LogP contribution in [0.4, 0.5) is 4.79 Å². The molecule has 1 N–H and O–H groups in total. The molecule has 1 unspecified atom stereocenters. The molecular formula is C13H24N2O2. The lowest BCUT2D eigenvalue weighted by Gasteiger charge is -2.29. The van der Waals surface area contributed by atoms with Crippen molar-refractivity contribution in [3.8, 4) is 0 Å². The van der Waals surface area contributed by atoms with Crippen molar-refractivity contribution in [1.82, 2.24) is 10.2 Å². The Kier molecular flexibility index (Phi) is 3.61. The van der Waals surface area contributed by atoms with Crippen LogP contribution >= 0.6 is 0 Å². The summed E-state index contributed by atoms with van der Waals surface area (Å²) >= 11 is 0. The Labute approximate surface area is 104 Å². The van der Waals surface area contributed by atoms with Crippen molar-refractivity contribution in [2.75, 3.05) is 13.1 Å². The van der Waals surface area contributed by atoms with Crippen LogP contribution in [0.15, 0.2) is 0 Å². The quantitative estimate of drug-likeness (QED) is 0.821. The first-order chi connectivity index (χ1) is 7.96. The summed E-state index contributed by atoms with van der Waals surface area (Å²) < 4.78 is 5.47. The maximum Gasteiger partial charge on any atom is 0.410 e. The van der Waals surface area contributed by atoms with Crippen LogP contribution in [-0.4, -0.2) is 41.8 Å². The minimum absolute atomic E-state index is 0.145. The van der Waals surface area contributed by atoms with Crippen LogP contribution in [0.5, 0.6) is 0 Å². The Morgan fingerprint density at radius 2 is 2.06 bits per heavy atom. The summed E-state index contributed by atoms with van der Waals surface area (Å²) in [5, 5.41) is 3.44. The van der Waals surface area contributed by atoms with Gasteiger partial charge in [0.2, 0.25) is 0 Å². The summed E-state index contributed by atoms with van der Waals surface area (Å²) in [6.07, 6.45) is 4.51. The van der Waals surface area contributed by atoms with Crippen LogP contribution in [-0.2, 0) is 4.74 Å². The highest BCUT2D eigenvalue weighted by atomic mass is 16.6. The van der Waals surface area contributed by atoms with Crippen LogP contribution in [0.25, 0.3) is 0 Å². The Balaban J connectivity index is 1.89. The average molecular weight is 240 g/mol. The second kappa shape index (κ2) is 4.84. The number of hydrogen-bond donors (Lipinski definition) is 1. The standard InChI is InChI=1S/C13H24N2O2/c1-13(2,3)17-12(16)15(11-6-7-11)9-10-5-4-8-14-10/h10-11,14H,4-9H2,1-3H3. The van der Waals surface area contributed by atoms with Gasteiger partial charge >= 0.3 is 6.09 Å². The van der Waals surface area contributed by atoms with Gasteiger partial charge in [-0.05, 0) is 53.0 Å². The van der Waals surface area contributed by atoms with Crippen molar-refractivity contribution in [3.63, 3.8) is 0 Å². The maximum atomic E-state index is 12.1. The molecule has 1 aliphatic heterocycles. The van der Waals surface area contributed by atoms with Gasteiger partial charge in [-0.3, -0.25) is 0 Å². The third kappa shape index (κ3) is 3.87. The summed E-state index contributed by atoms with van der Waals surface area (Å²) in [5.41, 5.74) is -0.396. The van der Waals surface area contributed by atoms with E-state index < -0.39 is 5.60 Å². The van der Waals surface area contributed by atoms with E-state index in [1.54, 1.807) is 0 Å². The van der Waals surface area contributed by atoms with Gasteiger partial charge in [0.1, 0.15) is 5.60 Å². The Morgan fingerprint density at radius 1 is 1.35 bits per heavy atom. The van der Waals surface area contributed by atoms with Gasteiger partial charge in [0.25, 0.3) is 0 Å². The van der Waals surface area contributed by atoms with Gasteiger partial charge in [-0.15, -0.1) is 0 Å². The molecule has 2 fully saturated rings. The molecule has 4 heteroatoms. The molecule has 2 rings (SSSR count). The lowest BCUT2D eigenvalue weighted by Crippen LogP contribution is -2.44. The van der Waals surface area contributed by atoms with Gasteiger partial charge in [-0.2, -0.15) is 0 Å². The van der Waals surface area contributed by atoms with Crippen LogP contribution in [0.1, 0.15) is 46.5 Å². The lowest BCUT2D eigenvalue weighted by molar-refractivity contribution is 0.0218. The second-order valence-corrected chi connectivity index (χ2v) is 6.16. The van der Waals surface area contributed by atoms with Crippen LogP contribution < -0.4 is 5.32 Å². The summed E-state index contributed by atoms with van der Waals surface area (Å²) in [7, 11) is 0. The molecule has 4 nitrogen and oxygen atoms in total. The summed E-state index contributed by atoms with van der Waals surface area (Å²) in [6, 6.07) is 0.885. The van der Waals surface area contributed by atoms with E-state index in [1.165, 1.54) is 12.8 Å². The van der Waals surface area contributed by atoms with Crippen LogP contribution in [0.3, 0.4) is 0 Å². The second-order valence-electron chi connectivity index (χ2n) is 6.16. The van der Waals surface area contributed by atoms with Crippen molar-refractivity contribution < 1.29 is 9.53 Å². The van der Waals surface area contributed by atoms with E-state index in [-0.39, 0.29) is 6.09 Å². The summed E-state index contributed by atoms with van der Waals surface area (Å²) in [6.45, 7) is 7.65. The molecule has 98 valence electrons. The number of rotatable bonds is 3. The molecule has 1 saturated carbocycles. The summed E-state index contributed by atoms with van der Waals surface area (Å²) in [5.74, 6) is 0. The highest BCUT2D eigenvalue weighted by Gasteiger charge is 2.36. The Hall–Kier alpha value is -0.770. The topological polar surface area (TPSA) is 41.6 Å². The number of carbonyl (C=O) groups excluding carboxylic acids is 1. The first-order valence-corrected chi connectivity index (χ1v) is 6.69. The van der Waals surface area contributed by atoms with Gasteiger partial charge in [-0.1, -0.05) is 0 Å². The monoisotopic (exact) mass is 240 g/mol. The molecule has 0 aromatic heterocycles. The first kappa shape index (κ1) is 12.7. The largest absolute Gasteiger partial charge is 0.444 e. The van der Waals surface area contributed by atoms with Gasteiger partial charge in [-0.25, -0.2) is 4.79 Å². The van der Waals surface area contributed by atoms with Crippen molar-refractivity contribution in [1.29, 1.82) is 0 Å². The number of amides is 1. The molecular weight excluding hydrogens is 216 g/mol. The maximum absolute atomic E-state index is 12.1. The lowest BCUT2D eigenvalue weighted by atomic mass is 10.2. The number of carbonyl (C=O) groups is 1. The fourth-order valence-electron chi connectivity index (χ4n) is 2.23. The molecule has 1 atom stereocenters. The van der Waals surface area contributed by atoms with E-state index in [1.807, 2.05) is 25.7 Å². The predicted molar refractivity (Wildman–Crippen MR) is 67.0 cm³/mol. The molecule has 1 aliphatic carbocycles. The fourth-order valence-corrected chi connectivity index (χ4v) is 2.23. The zero-order valence-electron chi connectivity index (χ0n) is 11.2. The molecule has 1 saturated heterocycles.